The van der Waals surface area contributed by atoms with Crippen LogP contribution in [0.25, 0.3) is 152 Å². The molecule has 0 spiro atoms. The van der Waals surface area contributed by atoms with E-state index in [1.807, 2.05) is 0 Å². The molecule has 1 aliphatic rings. The second-order valence-corrected chi connectivity index (χ2v) is 16.5. The molecule has 0 heteroatoms. The fourth-order valence-corrected chi connectivity index (χ4v) is 11.9. The highest BCUT2D eigenvalue weighted by Gasteiger charge is 2.29. The van der Waals surface area contributed by atoms with E-state index < -0.39 is 0 Å². The Kier molecular flexibility index (Phi) is 5.25. The van der Waals surface area contributed by atoms with Gasteiger partial charge in [-0.15, -0.1) is 0 Å². The van der Waals surface area contributed by atoms with Gasteiger partial charge in [0, 0.05) is 0 Å². The van der Waals surface area contributed by atoms with Gasteiger partial charge in [-0.1, -0.05) is 176 Å². The van der Waals surface area contributed by atoms with Gasteiger partial charge in [0.1, 0.15) is 0 Å². The van der Waals surface area contributed by atoms with Crippen LogP contribution in [0.1, 0.15) is 0 Å². The average Bonchev–Trinajstić information content (AvgIpc) is 3.92. The van der Waals surface area contributed by atoms with E-state index in [1.165, 1.54) is 152 Å². The smallest absolute Gasteiger partial charge is 0.000718 e. The molecule has 0 amide bonds. The van der Waals surface area contributed by atoms with Gasteiger partial charge < -0.3 is 0 Å². The third kappa shape index (κ3) is 3.35. The van der Waals surface area contributed by atoms with Crippen LogP contribution in [0.2, 0.25) is 0 Å². The number of rotatable bonds is 2. The van der Waals surface area contributed by atoms with Crippen molar-refractivity contribution in [2.75, 3.05) is 0 Å². The first-order valence-corrected chi connectivity index (χ1v) is 20.4. The van der Waals surface area contributed by atoms with Gasteiger partial charge >= 0.3 is 0 Å². The Hall–Kier alpha value is -7.54. The van der Waals surface area contributed by atoms with Gasteiger partial charge in [-0.25, -0.2) is 0 Å². The number of hydrogen-bond donors (Lipinski definition) is 0. The van der Waals surface area contributed by atoms with Crippen molar-refractivity contribution in [3.63, 3.8) is 0 Å². The molecule has 0 radical (unpaired) electrons. The Labute approximate surface area is 332 Å². The maximum Gasteiger partial charge on any atom is -0.000718 e. The molecule has 0 heterocycles. The summed E-state index contributed by atoms with van der Waals surface area (Å²) < 4.78 is 0. The molecule has 0 saturated carbocycles. The Morgan fingerprint density at radius 1 is 0.172 bits per heavy atom. The van der Waals surface area contributed by atoms with Crippen LogP contribution < -0.4 is 0 Å². The first kappa shape index (κ1) is 29.7. The summed E-state index contributed by atoms with van der Waals surface area (Å²) in [6, 6.07) is 69.2. The van der Waals surface area contributed by atoms with Crippen LogP contribution in [-0.4, -0.2) is 0 Å². The van der Waals surface area contributed by atoms with E-state index in [1.54, 1.807) is 0 Å². The van der Waals surface area contributed by atoms with Gasteiger partial charge in [0.15, 0.2) is 0 Å². The highest BCUT2D eigenvalue weighted by Crippen LogP contribution is 2.57. The number of fused-ring (bicyclic) bond motifs is 13. The zero-order valence-electron chi connectivity index (χ0n) is 31.3. The van der Waals surface area contributed by atoms with Crippen LogP contribution in [0.3, 0.4) is 0 Å². The van der Waals surface area contributed by atoms with Crippen LogP contribution >= 0.6 is 0 Å². The minimum absolute atomic E-state index is 1.25. The van der Waals surface area contributed by atoms with Crippen LogP contribution in [-0.2, 0) is 0 Å². The molecule has 262 valence electrons. The predicted octanol–water partition coefficient (Wildman–Crippen LogP) is 16.5. The van der Waals surface area contributed by atoms with E-state index in [9.17, 15) is 0 Å². The van der Waals surface area contributed by atoms with Crippen LogP contribution in [0.15, 0.2) is 182 Å². The first-order valence-electron chi connectivity index (χ1n) is 20.4. The van der Waals surface area contributed by atoms with Gasteiger partial charge in [-0.05, 0) is 158 Å². The van der Waals surface area contributed by atoms with E-state index in [2.05, 4.69) is 182 Å². The van der Waals surface area contributed by atoms with Crippen molar-refractivity contribution < 1.29 is 0 Å². The fraction of sp³-hybridized carbons (Fsp3) is 0. The molecule has 58 heavy (non-hydrogen) atoms. The molecule has 14 aromatic carbocycles. The summed E-state index contributed by atoms with van der Waals surface area (Å²) >= 11 is 0. The summed E-state index contributed by atoms with van der Waals surface area (Å²) in [5, 5.41) is 26.9. The normalized spacial score (nSPS) is 12.8. The molecule has 0 N–H and O–H groups in total. The van der Waals surface area contributed by atoms with Crippen molar-refractivity contribution in [3.05, 3.63) is 182 Å². The van der Waals surface area contributed by atoms with Gasteiger partial charge in [0.05, 0.1) is 0 Å². The Bertz CT molecular complexity index is 4020. The maximum absolute atomic E-state index is 2.54. The molecule has 0 bridgehead atoms. The summed E-state index contributed by atoms with van der Waals surface area (Å²) in [4.78, 5) is 0. The largest absolute Gasteiger partial charge is 0.0622 e. The van der Waals surface area contributed by atoms with Crippen LogP contribution in [0.4, 0.5) is 0 Å². The Morgan fingerprint density at radius 2 is 0.586 bits per heavy atom. The average molecular weight is 727 g/mol. The molecule has 0 atom stereocenters. The maximum atomic E-state index is 2.54. The van der Waals surface area contributed by atoms with Gasteiger partial charge in [0.25, 0.3) is 0 Å². The quantitative estimate of drug-likeness (QED) is 0.123. The lowest BCUT2D eigenvalue weighted by Gasteiger charge is -2.19. The third-order valence-corrected chi connectivity index (χ3v) is 14.0. The summed E-state index contributed by atoms with van der Waals surface area (Å²) in [5.41, 5.74) is 10.6. The van der Waals surface area contributed by atoms with Crippen LogP contribution in [0.5, 0.6) is 0 Å². The van der Waals surface area contributed by atoms with E-state index in [0.29, 0.717) is 0 Å². The first-order chi connectivity index (χ1) is 28.8. The van der Waals surface area contributed by atoms with E-state index in [-0.39, 0.29) is 0 Å². The van der Waals surface area contributed by atoms with Crippen molar-refractivity contribution in [1.82, 2.24) is 0 Å². The third-order valence-electron chi connectivity index (χ3n) is 14.0. The zero-order valence-corrected chi connectivity index (χ0v) is 31.3. The molecule has 0 aliphatic heterocycles. The lowest BCUT2D eigenvalue weighted by atomic mass is 9.84. The highest BCUT2D eigenvalue weighted by atomic mass is 14.3. The Morgan fingerprint density at radius 3 is 1.22 bits per heavy atom. The predicted molar refractivity (Wildman–Crippen MR) is 250 cm³/mol. The lowest BCUT2D eigenvalue weighted by molar-refractivity contribution is 1.68. The molecular formula is C58H30. The van der Waals surface area contributed by atoms with Crippen molar-refractivity contribution in [1.29, 1.82) is 0 Å². The van der Waals surface area contributed by atoms with Gasteiger partial charge in [-0.2, -0.15) is 0 Å². The van der Waals surface area contributed by atoms with Crippen molar-refractivity contribution in [2.24, 2.45) is 0 Å². The highest BCUT2D eigenvalue weighted by molar-refractivity contribution is 6.48. The molecule has 0 fully saturated rings. The molecule has 14 aromatic rings. The van der Waals surface area contributed by atoms with Gasteiger partial charge in [0.2, 0.25) is 0 Å². The molecule has 15 rings (SSSR count). The zero-order chi connectivity index (χ0) is 37.4. The Balaban J connectivity index is 1.22. The van der Waals surface area contributed by atoms with E-state index in [4.69, 9.17) is 0 Å². The molecule has 1 aliphatic carbocycles. The second-order valence-electron chi connectivity index (χ2n) is 16.5. The monoisotopic (exact) mass is 726 g/mol. The topological polar surface area (TPSA) is 0 Å². The lowest BCUT2D eigenvalue weighted by Crippen LogP contribution is -1.91. The van der Waals surface area contributed by atoms with Crippen molar-refractivity contribution in [2.45, 2.75) is 0 Å². The van der Waals surface area contributed by atoms with E-state index in [0.717, 1.165) is 0 Å². The summed E-state index contributed by atoms with van der Waals surface area (Å²) in [6.07, 6.45) is 0. The number of benzene rings is 12. The fourth-order valence-electron chi connectivity index (χ4n) is 11.9. The summed E-state index contributed by atoms with van der Waals surface area (Å²) in [7, 11) is 0. The minimum Gasteiger partial charge on any atom is -0.0622 e. The SMILES string of the molecule is c1ccc(-c2c3cc4c5ccccc5c5cccc(c3c(-c3ccccc3)c3c6ccc7c8ccc9c%10c(ccc(c%11ccc(c23)c6c%117)c%108)-c2ccccc2-9)c54)cc1. The number of hydrogen-bond acceptors (Lipinski definition) is 0. The van der Waals surface area contributed by atoms with Crippen LogP contribution in [0, 0.1) is 0 Å². The summed E-state index contributed by atoms with van der Waals surface area (Å²) in [6.45, 7) is 0. The molecule has 0 aromatic heterocycles. The van der Waals surface area contributed by atoms with Gasteiger partial charge in [-0.3, -0.25) is 0 Å². The molecule has 0 nitrogen and oxygen atoms in total. The molecule has 0 saturated heterocycles. The second kappa shape index (κ2) is 10.2. The summed E-state index contributed by atoms with van der Waals surface area (Å²) in [5.74, 6) is 0. The van der Waals surface area contributed by atoms with Crippen molar-refractivity contribution in [3.8, 4) is 44.5 Å². The minimum atomic E-state index is 1.25. The van der Waals surface area contributed by atoms with E-state index >= 15 is 0 Å². The standard InChI is InChI=1S/C58H30/c1-3-12-31(13-4-1)49-48-30-47-36-19-10-9-18-35(36)37-20-11-21-44(51(37)47)56(48)50(32-14-5-2-6-15-32)58-46-29-27-43-41-25-23-39-34-17-8-7-16-33(34)38-22-24-40(53(41)52(38)39)42-26-28-45(57(49)58)55(46)54(42)43/h1-30H. The molecule has 0 unspecified atom stereocenters. The van der Waals surface area contributed by atoms with Crippen molar-refractivity contribution >= 4 is 108 Å². The molecular weight excluding hydrogens is 697 g/mol.